The van der Waals surface area contributed by atoms with Crippen LogP contribution >= 0.6 is 0 Å². The quantitative estimate of drug-likeness (QED) is 0.704. The number of aryl methyl sites for hydroxylation is 1. The van der Waals surface area contributed by atoms with Crippen molar-refractivity contribution < 1.29 is 38.1 Å². The fourth-order valence-electron chi connectivity index (χ4n) is 4.64. The highest BCUT2D eigenvalue weighted by molar-refractivity contribution is 6.05. The lowest BCUT2D eigenvalue weighted by molar-refractivity contribution is -0.152. The molecule has 1 fully saturated rings. The van der Waals surface area contributed by atoms with Gasteiger partial charge in [-0.2, -0.15) is 0 Å². The molecular formula is C21H22O8. The van der Waals surface area contributed by atoms with E-state index in [-0.39, 0.29) is 24.4 Å². The predicted octanol–water partition coefficient (Wildman–Crippen LogP) is 1.87. The van der Waals surface area contributed by atoms with Crippen LogP contribution in [-0.4, -0.2) is 50.6 Å². The first-order valence-corrected chi connectivity index (χ1v) is 9.34. The van der Waals surface area contributed by atoms with Crippen LogP contribution in [0.5, 0.6) is 17.2 Å². The molecule has 1 aromatic rings. The number of rotatable bonds is 4. The zero-order chi connectivity index (χ0) is 20.9. The lowest BCUT2D eigenvalue weighted by Crippen LogP contribution is -2.45. The van der Waals surface area contributed by atoms with Crippen LogP contribution in [0.15, 0.2) is 17.9 Å². The molecule has 2 bridgehead atoms. The molecule has 8 heteroatoms. The number of Topliss-reactive ketones (excluding diaryl/α,β-unsaturated/α-hetero) is 2. The monoisotopic (exact) mass is 402 g/mol. The number of methoxy groups -OCH3 is 3. The van der Waals surface area contributed by atoms with Gasteiger partial charge in [-0.3, -0.25) is 14.4 Å². The van der Waals surface area contributed by atoms with Gasteiger partial charge in [0.05, 0.1) is 21.3 Å². The van der Waals surface area contributed by atoms with Gasteiger partial charge in [0.2, 0.25) is 11.5 Å². The maximum absolute atomic E-state index is 13.2. The number of fused-ring (bicyclic) bond motifs is 3. The summed E-state index contributed by atoms with van der Waals surface area (Å²) in [5, 5.41) is 0. The van der Waals surface area contributed by atoms with Crippen molar-refractivity contribution >= 4 is 17.5 Å². The first kappa shape index (κ1) is 19.4. The van der Waals surface area contributed by atoms with Crippen LogP contribution in [0.4, 0.5) is 0 Å². The summed E-state index contributed by atoms with van der Waals surface area (Å²) >= 11 is 0. The molecule has 1 saturated heterocycles. The molecule has 8 nitrogen and oxygen atoms in total. The Kier molecular flexibility index (Phi) is 4.61. The first-order chi connectivity index (χ1) is 13.9. The zero-order valence-corrected chi connectivity index (χ0v) is 16.7. The lowest BCUT2D eigenvalue weighted by atomic mass is 9.79. The Balaban J connectivity index is 1.96. The minimum absolute atomic E-state index is 0.132. The van der Waals surface area contributed by atoms with Crippen molar-refractivity contribution in [2.24, 2.45) is 0 Å². The second-order valence-corrected chi connectivity index (χ2v) is 7.30. The summed E-state index contributed by atoms with van der Waals surface area (Å²) in [6, 6.07) is 1.84. The van der Waals surface area contributed by atoms with Crippen LogP contribution in [0.1, 0.15) is 36.8 Å². The Morgan fingerprint density at radius 3 is 2.45 bits per heavy atom. The van der Waals surface area contributed by atoms with Crippen LogP contribution in [0.2, 0.25) is 0 Å². The number of hydrogen-bond acceptors (Lipinski definition) is 8. The van der Waals surface area contributed by atoms with E-state index in [1.165, 1.54) is 34.3 Å². The third-order valence-electron chi connectivity index (χ3n) is 5.80. The van der Waals surface area contributed by atoms with Crippen molar-refractivity contribution in [3.63, 3.8) is 0 Å². The van der Waals surface area contributed by atoms with Crippen LogP contribution in [0, 0.1) is 0 Å². The molecule has 3 aliphatic rings. The summed E-state index contributed by atoms with van der Waals surface area (Å²) in [4.78, 5) is 37.4. The van der Waals surface area contributed by atoms with Gasteiger partial charge in [-0.15, -0.1) is 0 Å². The van der Waals surface area contributed by atoms with E-state index in [1.54, 1.807) is 0 Å². The van der Waals surface area contributed by atoms with Crippen molar-refractivity contribution in [2.75, 3.05) is 21.3 Å². The fourth-order valence-corrected chi connectivity index (χ4v) is 4.64. The van der Waals surface area contributed by atoms with E-state index in [2.05, 4.69) is 0 Å². The molecule has 1 aromatic carbocycles. The van der Waals surface area contributed by atoms with Gasteiger partial charge in [-0.25, -0.2) is 0 Å². The van der Waals surface area contributed by atoms with Gasteiger partial charge in [-0.1, -0.05) is 0 Å². The van der Waals surface area contributed by atoms with Gasteiger partial charge in [0, 0.05) is 30.9 Å². The maximum Gasteiger partial charge on any atom is 0.308 e. The van der Waals surface area contributed by atoms with Crippen molar-refractivity contribution in [3.05, 3.63) is 29.0 Å². The molecule has 1 unspecified atom stereocenters. The third kappa shape index (κ3) is 2.73. The van der Waals surface area contributed by atoms with E-state index in [0.717, 1.165) is 11.1 Å². The molecule has 1 aliphatic carbocycles. The Morgan fingerprint density at radius 2 is 1.83 bits per heavy atom. The molecule has 0 amide bonds. The Bertz CT molecular complexity index is 946. The molecule has 154 valence electrons. The van der Waals surface area contributed by atoms with Gasteiger partial charge in [0.15, 0.2) is 28.6 Å². The normalized spacial score (nSPS) is 27.4. The standard InChI is InChI=1S/C21H22O8/c1-10(22)28-15-9-21-12(8-13(29-21)18(15)24)17-11(5-6-16(21)23)7-14(25-2)19(26-3)20(17)27-4/h7,9,12-13H,5-6,8H2,1-4H3/t12?,13-,21-/m0/s1. The molecule has 3 atom stereocenters. The molecule has 2 aliphatic heterocycles. The Morgan fingerprint density at radius 1 is 1.10 bits per heavy atom. The number of esters is 1. The smallest absolute Gasteiger partial charge is 0.308 e. The van der Waals surface area contributed by atoms with Gasteiger partial charge >= 0.3 is 5.97 Å². The minimum Gasteiger partial charge on any atom is -0.493 e. The average molecular weight is 402 g/mol. The van der Waals surface area contributed by atoms with E-state index >= 15 is 0 Å². The summed E-state index contributed by atoms with van der Waals surface area (Å²) in [6.45, 7) is 1.21. The van der Waals surface area contributed by atoms with Crippen molar-refractivity contribution in [1.29, 1.82) is 0 Å². The first-order valence-electron chi connectivity index (χ1n) is 9.34. The Labute approximate surface area is 167 Å². The second-order valence-electron chi connectivity index (χ2n) is 7.30. The highest BCUT2D eigenvalue weighted by Gasteiger charge is 2.60. The van der Waals surface area contributed by atoms with Crippen molar-refractivity contribution in [3.8, 4) is 17.2 Å². The summed E-state index contributed by atoms with van der Waals surface area (Å²) in [5.74, 6) is -0.477. The largest absolute Gasteiger partial charge is 0.493 e. The third-order valence-corrected chi connectivity index (χ3v) is 5.80. The summed E-state index contributed by atoms with van der Waals surface area (Å²) in [5.41, 5.74) is 0.244. The second kappa shape index (κ2) is 6.88. The van der Waals surface area contributed by atoms with Gasteiger partial charge in [0.1, 0.15) is 6.10 Å². The molecule has 29 heavy (non-hydrogen) atoms. The molecular weight excluding hydrogens is 380 g/mol. The highest BCUT2D eigenvalue weighted by Crippen LogP contribution is 2.57. The average Bonchev–Trinajstić information content (AvgIpc) is 2.99. The molecule has 0 N–H and O–H groups in total. The zero-order valence-electron chi connectivity index (χ0n) is 16.7. The highest BCUT2D eigenvalue weighted by atomic mass is 16.6. The van der Waals surface area contributed by atoms with Crippen molar-refractivity contribution in [2.45, 2.75) is 43.8 Å². The van der Waals surface area contributed by atoms with E-state index < -0.39 is 29.4 Å². The number of benzene rings is 1. The SMILES string of the molecule is COc1cc2c(c(OC)c1OC)C1C[C@@H]3O[C@]1(C=C(OC(C)=O)C3=O)C(=O)CC2. The number of ether oxygens (including phenoxy) is 5. The van der Waals surface area contributed by atoms with Gasteiger partial charge in [0.25, 0.3) is 0 Å². The number of carbonyl (C=O) groups excluding carboxylic acids is 3. The van der Waals surface area contributed by atoms with E-state index in [4.69, 9.17) is 23.7 Å². The van der Waals surface area contributed by atoms with Crippen LogP contribution in [0.3, 0.4) is 0 Å². The maximum atomic E-state index is 13.2. The summed E-state index contributed by atoms with van der Waals surface area (Å²) in [6.07, 6.45) is 1.44. The molecule has 4 rings (SSSR count). The van der Waals surface area contributed by atoms with Crippen LogP contribution in [-0.2, 0) is 30.3 Å². The Hall–Kier alpha value is -2.87. The predicted molar refractivity (Wildman–Crippen MR) is 99.2 cm³/mol. The topological polar surface area (TPSA) is 97.4 Å². The molecule has 1 spiro atoms. The molecule has 0 aromatic heterocycles. The molecule has 0 radical (unpaired) electrons. The van der Waals surface area contributed by atoms with E-state index in [0.29, 0.717) is 23.7 Å². The van der Waals surface area contributed by atoms with Gasteiger partial charge in [-0.05, 0) is 24.5 Å². The van der Waals surface area contributed by atoms with E-state index in [9.17, 15) is 14.4 Å². The fraction of sp³-hybridized carbons (Fsp3) is 0.476. The van der Waals surface area contributed by atoms with E-state index in [1.807, 2.05) is 6.07 Å². The molecule has 2 heterocycles. The number of carbonyl (C=O) groups is 3. The summed E-state index contributed by atoms with van der Waals surface area (Å²) < 4.78 is 27.7. The minimum atomic E-state index is -1.39. The lowest BCUT2D eigenvalue weighted by Gasteiger charge is -2.32. The molecule has 0 saturated carbocycles. The van der Waals surface area contributed by atoms with Crippen LogP contribution in [0.25, 0.3) is 0 Å². The summed E-state index contributed by atoms with van der Waals surface area (Å²) in [7, 11) is 4.56. The number of hydrogen-bond donors (Lipinski definition) is 0. The van der Waals surface area contributed by atoms with Crippen molar-refractivity contribution in [1.82, 2.24) is 0 Å². The number of ketones is 2. The van der Waals surface area contributed by atoms with Crippen LogP contribution < -0.4 is 14.2 Å². The van der Waals surface area contributed by atoms with Gasteiger partial charge < -0.3 is 23.7 Å².